The third-order valence-corrected chi connectivity index (χ3v) is 3.13. The Labute approximate surface area is 112 Å². The molecule has 1 aromatic carbocycles. The van der Waals surface area contributed by atoms with Crippen molar-refractivity contribution in [3.05, 3.63) is 52.9 Å². The average molecular weight is 299 g/mol. The highest BCUT2D eigenvalue weighted by atomic mass is 79.9. The van der Waals surface area contributed by atoms with Crippen LogP contribution >= 0.6 is 15.9 Å². The molecule has 0 fully saturated rings. The molecular formula is C13H7BrN4. The van der Waals surface area contributed by atoms with Crippen molar-refractivity contribution in [3.8, 4) is 11.9 Å². The molecule has 0 spiro atoms. The van der Waals surface area contributed by atoms with Gasteiger partial charge in [0.05, 0.1) is 16.6 Å². The van der Waals surface area contributed by atoms with Gasteiger partial charge < -0.3 is 0 Å². The summed E-state index contributed by atoms with van der Waals surface area (Å²) in [5.41, 5.74) is 2.43. The number of nitrogens with zero attached hydrogens (tertiary/aromatic N) is 4. The lowest BCUT2D eigenvalue weighted by atomic mass is 10.3. The van der Waals surface area contributed by atoms with E-state index in [0.29, 0.717) is 5.56 Å². The van der Waals surface area contributed by atoms with Crippen LogP contribution in [0, 0.1) is 11.3 Å². The maximum Gasteiger partial charge on any atom is 0.138 e. The number of nitriles is 1. The maximum absolute atomic E-state index is 8.75. The smallest absolute Gasteiger partial charge is 0.138 e. The van der Waals surface area contributed by atoms with Crippen LogP contribution in [0.5, 0.6) is 0 Å². The fourth-order valence-corrected chi connectivity index (χ4v) is 2.11. The van der Waals surface area contributed by atoms with Crippen LogP contribution in [-0.4, -0.2) is 14.5 Å². The normalized spacial score (nSPS) is 10.4. The SMILES string of the molecule is N#Cc1ccc(-n2cnc3ccc(Br)cc32)nc1. The first-order valence-corrected chi connectivity index (χ1v) is 6.06. The molecule has 0 unspecified atom stereocenters. The van der Waals surface area contributed by atoms with Crippen LogP contribution in [0.2, 0.25) is 0 Å². The number of benzene rings is 1. The second-order valence-electron chi connectivity index (χ2n) is 3.76. The first kappa shape index (κ1) is 10.9. The molecular weight excluding hydrogens is 292 g/mol. The molecule has 4 nitrogen and oxygen atoms in total. The summed E-state index contributed by atoms with van der Waals surface area (Å²) in [6, 6.07) is 11.5. The number of hydrogen-bond acceptors (Lipinski definition) is 3. The van der Waals surface area contributed by atoms with Crippen LogP contribution in [-0.2, 0) is 0 Å². The van der Waals surface area contributed by atoms with Crippen molar-refractivity contribution in [1.29, 1.82) is 5.26 Å². The summed E-state index contributed by atoms with van der Waals surface area (Å²) >= 11 is 3.44. The zero-order valence-electron chi connectivity index (χ0n) is 9.21. The molecule has 3 aromatic rings. The van der Waals surface area contributed by atoms with Gasteiger partial charge in [-0.3, -0.25) is 4.57 Å². The highest BCUT2D eigenvalue weighted by Gasteiger charge is 2.06. The van der Waals surface area contributed by atoms with Crippen molar-refractivity contribution in [3.63, 3.8) is 0 Å². The van der Waals surface area contributed by atoms with E-state index in [-0.39, 0.29) is 0 Å². The molecule has 0 saturated carbocycles. The van der Waals surface area contributed by atoms with Crippen molar-refractivity contribution in [2.45, 2.75) is 0 Å². The molecule has 0 bridgehead atoms. The first-order valence-electron chi connectivity index (χ1n) is 5.27. The molecule has 2 aromatic heterocycles. The van der Waals surface area contributed by atoms with Gasteiger partial charge in [-0.25, -0.2) is 9.97 Å². The quantitative estimate of drug-likeness (QED) is 0.694. The van der Waals surface area contributed by atoms with Gasteiger partial charge in [0, 0.05) is 10.7 Å². The summed E-state index contributed by atoms with van der Waals surface area (Å²) in [6.07, 6.45) is 3.28. The fourth-order valence-electron chi connectivity index (χ4n) is 1.76. The zero-order valence-corrected chi connectivity index (χ0v) is 10.8. The van der Waals surface area contributed by atoms with E-state index < -0.39 is 0 Å². The van der Waals surface area contributed by atoms with Crippen molar-refractivity contribution in [1.82, 2.24) is 14.5 Å². The number of halogens is 1. The molecule has 0 aliphatic heterocycles. The Morgan fingerprint density at radius 2 is 2.06 bits per heavy atom. The first-order chi connectivity index (χ1) is 8.78. The lowest BCUT2D eigenvalue weighted by Crippen LogP contribution is -1.95. The number of fused-ring (bicyclic) bond motifs is 1. The molecule has 0 atom stereocenters. The van der Waals surface area contributed by atoms with Gasteiger partial charge in [-0.2, -0.15) is 5.26 Å². The van der Waals surface area contributed by atoms with Crippen LogP contribution in [0.1, 0.15) is 5.56 Å². The molecule has 18 heavy (non-hydrogen) atoms. The summed E-state index contributed by atoms with van der Waals surface area (Å²) in [5, 5.41) is 8.75. The van der Waals surface area contributed by atoms with Crippen molar-refractivity contribution in [2.24, 2.45) is 0 Å². The van der Waals surface area contributed by atoms with Crippen LogP contribution < -0.4 is 0 Å². The largest absolute Gasteiger partial charge is 0.283 e. The van der Waals surface area contributed by atoms with Gasteiger partial charge in [-0.05, 0) is 30.3 Å². The third-order valence-electron chi connectivity index (χ3n) is 2.63. The Bertz CT molecular complexity index is 753. The lowest BCUT2D eigenvalue weighted by molar-refractivity contribution is 1.02. The minimum absolute atomic E-state index is 0.546. The topological polar surface area (TPSA) is 54.5 Å². The molecule has 0 saturated heterocycles. The molecule has 0 amide bonds. The highest BCUT2D eigenvalue weighted by Crippen LogP contribution is 2.21. The molecule has 86 valence electrons. The second kappa shape index (κ2) is 4.24. The molecule has 2 heterocycles. The lowest BCUT2D eigenvalue weighted by Gasteiger charge is -2.03. The van der Waals surface area contributed by atoms with E-state index in [2.05, 4.69) is 32.0 Å². The number of rotatable bonds is 1. The molecule has 5 heteroatoms. The Hall–Kier alpha value is -2.19. The van der Waals surface area contributed by atoms with Gasteiger partial charge in [-0.15, -0.1) is 0 Å². The third kappa shape index (κ3) is 1.77. The van der Waals surface area contributed by atoms with E-state index in [1.807, 2.05) is 22.8 Å². The standard InChI is InChI=1S/C13H7BrN4/c14-10-2-3-11-12(5-10)18(8-17-11)13-4-1-9(6-15)7-16-13/h1-5,7-8H. The Morgan fingerprint density at radius 1 is 1.17 bits per heavy atom. The number of pyridine rings is 1. The Balaban J connectivity index is 2.19. The summed E-state index contributed by atoms with van der Waals surface area (Å²) in [7, 11) is 0. The van der Waals surface area contributed by atoms with Crippen molar-refractivity contribution < 1.29 is 0 Å². The van der Waals surface area contributed by atoms with E-state index >= 15 is 0 Å². The minimum atomic E-state index is 0.546. The van der Waals surface area contributed by atoms with Crippen LogP contribution in [0.25, 0.3) is 16.9 Å². The van der Waals surface area contributed by atoms with Crippen LogP contribution in [0.15, 0.2) is 47.3 Å². The molecule has 0 aliphatic carbocycles. The van der Waals surface area contributed by atoms with Gasteiger partial charge >= 0.3 is 0 Å². The van der Waals surface area contributed by atoms with Crippen LogP contribution in [0.3, 0.4) is 0 Å². The summed E-state index contributed by atoms with van der Waals surface area (Å²) in [6.45, 7) is 0. The van der Waals surface area contributed by atoms with Gasteiger partial charge in [0.1, 0.15) is 18.2 Å². The zero-order chi connectivity index (χ0) is 12.5. The molecule has 0 radical (unpaired) electrons. The number of hydrogen-bond donors (Lipinski definition) is 0. The van der Waals surface area contributed by atoms with Crippen molar-refractivity contribution in [2.75, 3.05) is 0 Å². The predicted molar refractivity (Wildman–Crippen MR) is 71.3 cm³/mol. The molecule has 3 rings (SSSR count). The van der Waals surface area contributed by atoms with E-state index in [1.165, 1.54) is 0 Å². The average Bonchev–Trinajstić information content (AvgIpc) is 2.82. The van der Waals surface area contributed by atoms with Crippen LogP contribution in [0.4, 0.5) is 0 Å². The van der Waals surface area contributed by atoms with Crippen molar-refractivity contribution >= 4 is 27.0 Å². The fraction of sp³-hybridized carbons (Fsp3) is 0. The van der Waals surface area contributed by atoms with E-state index in [4.69, 9.17) is 5.26 Å². The number of aromatic nitrogens is 3. The summed E-state index contributed by atoms with van der Waals surface area (Å²) in [5.74, 6) is 0.745. The summed E-state index contributed by atoms with van der Waals surface area (Å²) in [4.78, 5) is 8.57. The number of imidazole rings is 1. The highest BCUT2D eigenvalue weighted by molar-refractivity contribution is 9.10. The van der Waals surface area contributed by atoms with E-state index in [9.17, 15) is 0 Å². The minimum Gasteiger partial charge on any atom is -0.283 e. The van der Waals surface area contributed by atoms with Gasteiger partial charge in [0.25, 0.3) is 0 Å². The monoisotopic (exact) mass is 298 g/mol. The summed E-state index contributed by atoms with van der Waals surface area (Å²) < 4.78 is 2.88. The maximum atomic E-state index is 8.75. The van der Waals surface area contributed by atoms with Gasteiger partial charge in [0.15, 0.2) is 0 Å². The Kier molecular flexibility index (Phi) is 2.58. The van der Waals surface area contributed by atoms with Gasteiger partial charge in [-0.1, -0.05) is 15.9 Å². The predicted octanol–water partition coefficient (Wildman–Crippen LogP) is 3.05. The Morgan fingerprint density at radius 3 is 2.78 bits per heavy atom. The molecule has 0 aliphatic rings. The van der Waals surface area contributed by atoms with Gasteiger partial charge in [0.2, 0.25) is 0 Å². The second-order valence-corrected chi connectivity index (χ2v) is 4.68. The van der Waals surface area contributed by atoms with E-state index in [1.54, 1.807) is 24.7 Å². The van der Waals surface area contributed by atoms with E-state index in [0.717, 1.165) is 21.3 Å². The molecule has 0 N–H and O–H groups in total.